The van der Waals surface area contributed by atoms with E-state index in [1.54, 1.807) is 96.5 Å². The van der Waals surface area contributed by atoms with Crippen LogP contribution in [0.1, 0.15) is 87.2 Å². The number of anilines is 6. The monoisotopic (exact) mass is 1660 g/mol. The summed E-state index contributed by atoms with van der Waals surface area (Å²) in [5.74, 6) is -9.50. The second-order valence-electron chi connectivity index (χ2n) is 26.9. The van der Waals surface area contributed by atoms with Gasteiger partial charge in [-0.1, -0.05) is 51.6 Å². The molecule has 0 radical (unpaired) electrons. The summed E-state index contributed by atoms with van der Waals surface area (Å²) in [6.07, 6.45) is 10.7. The predicted molar refractivity (Wildman–Crippen MR) is 408 cm³/mol. The van der Waals surface area contributed by atoms with E-state index in [9.17, 15) is 83.9 Å². The van der Waals surface area contributed by atoms with E-state index < -0.39 is 131 Å². The van der Waals surface area contributed by atoms with Crippen LogP contribution in [0, 0.1) is 47.2 Å². The van der Waals surface area contributed by atoms with Gasteiger partial charge in [-0.3, -0.25) is 72.2 Å². The number of carbonyl (C=O) groups excluding carboxylic acids is 8. The van der Waals surface area contributed by atoms with Gasteiger partial charge in [-0.05, 0) is 79.0 Å². The van der Waals surface area contributed by atoms with E-state index >= 15 is 0 Å². The average Bonchev–Trinajstić information content (AvgIpc) is 1.51. The minimum Gasteiger partial charge on any atom is -0.326 e. The molecule has 11 aromatic rings. The van der Waals surface area contributed by atoms with Crippen molar-refractivity contribution < 1.29 is 64.7 Å². The van der Waals surface area contributed by atoms with Crippen LogP contribution in [0.25, 0.3) is 32.2 Å². The Morgan fingerprint density at radius 3 is 1.51 bits per heavy atom. The van der Waals surface area contributed by atoms with E-state index in [-0.39, 0.29) is 127 Å². The zero-order valence-electron chi connectivity index (χ0n) is 61.4. The number of terminal acetylenes is 1. The molecular weight excluding hydrogens is 1600 g/mol. The van der Waals surface area contributed by atoms with Gasteiger partial charge in [0.15, 0.2) is 23.3 Å². The number of rotatable bonds is 21. The number of hydrogen-bond acceptors (Lipinski definition) is 21. The van der Waals surface area contributed by atoms with Gasteiger partial charge in [0.05, 0.1) is 71.4 Å². The third-order valence-electron chi connectivity index (χ3n) is 19.0. The van der Waals surface area contributed by atoms with Crippen molar-refractivity contribution in [2.45, 2.75) is 96.4 Å². The summed E-state index contributed by atoms with van der Waals surface area (Å²) < 4.78 is 91.7. The van der Waals surface area contributed by atoms with Gasteiger partial charge in [-0.2, -0.15) is 20.2 Å². The van der Waals surface area contributed by atoms with Gasteiger partial charge in [-0.15, -0.1) is 11.5 Å². The van der Waals surface area contributed by atoms with Crippen LogP contribution in [-0.2, 0) is 88.7 Å². The number of nitrogens with one attached hydrogen (secondary N) is 6. The summed E-state index contributed by atoms with van der Waals surface area (Å²) in [6, 6.07) is 16.5. The van der Waals surface area contributed by atoms with E-state index in [4.69, 9.17) is 35.2 Å². The highest BCUT2D eigenvalue weighted by atomic mass is 35.5. The zero-order chi connectivity index (χ0) is 84.2. The molecule has 6 N–H and O–H groups in total. The van der Waals surface area contributed by atoms with Crippen molar-refractivity contribution in [2.75, 3.05) is 27.8 Å². The Morgan fingerprint density at radius 1 is 0.585 bits per heavy atom. The molecule has 9 heterocycles. The summed E-state index contributed by atoms with van der Waals surface area (Å²) in [5.41, 5.74) is 8.03. The second kappa shape index (κ2) is 34.2. The third kappa shape index (κ3) is 17.5. The third-order valence-corrected chi connectivity index (χ3v) is 19.6. The van der Waals surface area contributed by atoms with Crippen LogP contribution in [0.3, 0.4) is 0 Å². The van der Waals surface area contributed by atoms with E-state index in [1.807, 2.05) is 0 Å². The molecule has 2 unspecified atom stereocenters. The van der Waals surface area contributed by atoms with Gasteiger partial charge >= 0.3 is 22.8 Å². The Labute approximate surface area is 667 Å². The molecule has 8 amide bonds. The highest BCUT2D eigenvalue weighted by Crippen LogP contribution is 2.36. The first kappa shape index (κ1) is 81.4. The maximum atomic E-state index is 14.9. The standard InChI is InChI=1S/C37H30ClF3N12O6.C21H14ClF3N6O2.C16H16N6O4/c1-49-13-19-10-29(23(38)11-28(19)47-49)43-35-45-36(58)53(37(59)52(35)14-18-9-25(40)26(41)12-24(18)39)16-20-15-50(48-46-20)8-7-32(55)42-27-4-2-3-21-22(27)17-51(34(21)57)30-5-6-31(54)44-33(30)56;1-3-4-30-20(32)27-19(26-18-6-12-9-29(2)28-17(12)7-13(18)22)31(21(30)33)10-11-5-15(24)16(25)8-14(11)23;17-21-18-7-6-14(24)19-11-3-1-2-9-10(11)8-22(16(9)26)12-4-5-13(23)20-15(12)25/h2-4,9-13,15,30H,5-8,14,16-17H2,1H3,(H,42,55)(H,43,45,58)(H,44,54,56);1,5-9H,4,10H2,2H3,(H,26,27,32);1-3,12H,4-8H2,(H,19,24)(H,20,23,25). The minimum atomic E-state index is -1.43. The number of carbonyl (C=O) groups is 8. The normalized spacial score (nSPS) is 14.8. The Kier molecular flexibility index (Phi) is 23.6. The summed E-state index contributed by atoms with van der Waals surface area (Å²) in [5, 5.41) is 37.1. The highest BCUT2D eigenvalue weighted by molar-refractivity contribution is 6.34. The number of aromatic nitrogens is 13. The highest BCUT2D eigenvalue weighted by Gasteiger charge is 2.42. The van der Waals surface area contributed by atoms with Crippen LogP contribution >= 0.6 is 23.2 Å². The minimum absolute atomic E-state index is 0.00682. The number of amides is 8. The number of imide groups is 2. The number of halogens is 8. The van der Waals surface area contributed by atoms with Crippen molar-refractivity contribution in [1.29, 1.82) is 0 Å². The number of aryl methyl sites for hydroxylation is 3. The van der Waals surface area contributed by atoms with Crippen molar-refractivity contribution in [2.24, 2.45) is 19.2 Å². The Hall–Kier alpha value is -14.6. The number of hydrogen-bond donors (Lipinski definition) is 6. The van der Waals surface area contributed by atoms with Gasteiger partial charge in [0.25, 0.3) is 11.8 Å². The molecule has 6 aromatic carbocycles. The fraction of sp³-hybridized carbons (Fsp3) is 0.243. The molecule has 0 saturated carbocycles. The van der Waals surface area contributed by atoms with Gasteiger partial charge in [0, 0.05) is 144 Å². The molecule has 2 fully saturated rings. The number of nitrogens with zero attached hydrogens (tertiary/aromatic N) is 18. The fourth-order valence-corrected chi connectivity index (χ4v) is 13.7. The predicted octanol–water partition coefficient (Wildman–Crippen LogP) is 6.46. The lowest BCUT2D eigenvalue weighted by Crippen LogP contribution is -2.52. The molecule has 44 heteroatoms. The molecule has 0 bridgehead atoms. The molecule has 5 aromatic heterocycles. The topological polar surface area (TPSA) is 444 Å². The first-order valence-corrected chi connectivity index (χ1v) is 36.1. The lowest BCUT2D eigenvalue weighted by molar-refractivity contribution is -0.138. The van der Waals surface area contributed by atoms with Crippen LogP contribution in [-0.4, -0.2) is 138 Å². The zero-order valence-corrected chi connectivity index (χ0v) is 62.9. The molecule has 0 spiro atoms. The molecule has 4 aliphatic rings. The molecule has 4 aliphatic heterocycles. The van der Waals surface area contributed by atoms with Crippen LogP contribution in [0.15, 0.2) is 128 Å². The van der Waals surface area contributed by atoms with Gasteiger partial charge < -0.3 is 31.1 Å². The SMILES string of the molecule is C#CCn1c(=O)nc(Nc2cc3cn(C)nc3cc2Cl)n(Cc2cc(F)c(F)cc2F)c1=O.Cn1cc2cc(Nc3nc(=O)n(Cc4cn(CCC(=O)Nc5cccc6c5CN(C5CCC(=O)NC5=O)C6=O)nn4)c(=O)n3Cc3cc(F)c(F)cc3F)c(Cl)cc2n1.[N-]=[N+]=NCCC(=O)Nc1cccc2c1CN(C1CCC(=O)NC1=O)C2=O. The molecule has 2 saturated heterocycles. The van der Waals surface area contributed by atoms with Crippen molar-refractivity contribution >= 4 is 127 Å². The first-order valence-electron chi connectivity index (χ1n) is 35.4. The fourth-order valence-electron chi connectivity index (χ4n) is 13.3. The Balaban J connectivity index is 0.000000171. The maximum absolute atomic E-state index is 14.9. The number of azide groups is 1. The lowest BCUT2D eigenvalue weighted by atomic mass is 10.0. The summed E-state index contributed by atoms with van der Waals surface area (Å²) in [6.45, 7) is -1.84. The molecule has 604 valence electrons. The van der Waals surface area contributed by atoms with Crippen molar-refractivity contribution in [3.8, 4) is 12.3 Å². The Bertz CT molecular complexity index is 6400. The number of fused-ring (bicyclic) bond motifs is 4. The van der Waals surface area contributed by atoms with Crippen LogP contribution in [0.4, 0.5) is 61.0 Å². The van der Waals surface area contributed by atoms with Gasteiger partial charge in [0.1, 0.15) is 29.4 Å². The van der Waals surface area contributed by atoms with Crippen LogP contribution in [0.2, 0.25) is 10.0 Å². The summed E-state index contributed by atoms with van der Waals surface area (Å²) >= 11 is 12.8. The molecule has 118 heavy (non-hydrogen) atoms. The summed E-state index contributed by atoms with van der Waals surface area (Å²) in [7, 11) is 3.43. The number of piperidine rings is 2. The largest absolute Gasteiger partial charge is 0.355 e. The quantitative estimate of drug-likeness (QED) is 0.00855. The van der Waals surface area contributed by atoms with Crippen molar-refractivity contribution in [1.82, 2.24) is 83.2 Å². The Morgan fingerprint density at radius 2 is 1.04 bits per heavy atom. The van der Waals surface area contributed by atoms with Crippen LogP contribution < -0.4 is 54.7 Å². The average molecular weight is 1660 g/mol. The van der Waals surface area contributed by atoms with Crippen molar-refractivity contribution in [3.05, 3.63) is 240 Å². The summed E-state index contributed by atoms with van der Waals surface area (Å²) in [4.78, 5) is 164. The first-order chi connectivity index (χ1) is 56.4. The molecule has 0 aliphatic carbocycles. The number of benzene rings is 6. The van der Waals surface area contributed by atoms with E-state index in [1.165, 1.54) is 20.7 Å². The second-order valence-corrected chi connectivity index (χ2v) is 27.7. The molecule has 15 rings (SSSR count). The maximum Gasteiger partial charge on any atom is 0.355 e. The van der Waals surface area contributed by atoms with Crippen molar-refractivity contribution in [3.63, 3.8) is 0 Å². The molecule has 2 atom stereocenters. The van der Waals surface area contributed by atoms with Gasteiger partial charge in [0.2, 0.25) is 47.3 Å². The van der Waals surface area contributed by atoms with E-state index in [0.29, 0.717) is 88.8 Å². The van der Waals surface area contributed by atoms with E-state index in [0.717, 1.165) is 9.13 Å². The molecular formula is C74H60Cl2F6N24O12. The lowest BCUT2D eigenvalue weighted by Gasteiger charge is -2.29. The smallest absolute Gasteiger partial charge is 0.326 e. The molecule has 36 nitrogen and oxygen atoms in total. The van der Waals surface area contributed by atoms with E-state index in [2.05, 4.69) is 78.3 Å². The van der Waals surface area contributed by atoms with Crippen LogP contribution in [0.5, 0.6) is 0 Å². The van der Waals surface area contributed by atoms with Gasteiger partial charge in [-0.25, -0.2) is 54.7 Å².